The van der Waals surface area contributed by atoms with Gasteiger partial charge in [0.05, 0.1) is 18.8 Å². The summed E-state index contributed by atoms with van der Waals surface area (Å²) in [7, 11) is 0. The minimum atomic E-state index is 0.0982. The van der Waals surface area contributed by atoms with Crippen molar-refractivity contribution in [3.05, 3.63) is 11.9 Å². The van der Waals surface area contributed by atoms with Crippen molar-refractivity contribution in [2.75, 3.05) is 6.61 Å². The molecule has 0 fully saturated rings. The lowest BCUT2D eigenvalue weighted by molar-refractivity contribution is 0.268. The molecule has 2 N–H and O–H groups in total. The molecule has 1 unspecified atom stereocenters. The van der Waals surface area contributed by atoms with E-state index in [0.717, 1.165) is 18.2 Å². The first kappa shape index (κ1) is 14.1. The predicted octanol–water partition coefficient (Wildman–Crippen LogP) is 1.18. The molecule has 0 aliphatic carbocycles. The molecule has 5 heteroatoms. The molecule has 0 aliphatic heterocycles. The van der Waals surface area contributed by atoms with Gasteiger partial charge in [0, 0.05) is 18.8 Å². The van der Waals surface area contributed by atoms with Crippen molar-refractivity contribution in [2.45, 2.75) is 52.7 Å². The predicted molar refractivity (Wildman–Crippen MR) is 67.5 cm³/mol. The number of hydrogen-bond donors (Lipinski definition) is 2. The van der Waals surface area contributed by atoms with Gasteiger partial charge in [-0.05, 0) is 25.7 Å². The first-order chi connectivity index (χ1) is 8.11. The summed E-state index contributed by atoms with van der Waals surface area (Å²) in [4.78, 5) is 0. The first-order valence-corrected chi connectivity index (χ1v) is 6.35. The number of hydrogen-bond acceptors (Lipinski definition) is 4. The van der Waals surface area contributed by atoms with Crippen LogP contribution in [0.2, 0.25) is 0 Å². The summed E-state index contributed by atoms with van der Waals surface area (Å²) in [5, 5.41) is 20.2. The quantitative estimate of drug-likeness (QED) is 0.716. The van der Waals surface area contributed by atoms with Crippen LogP contribution >= 0.6 is 0 Å². The largest absolute Gasteiger partial charge is 0.394 e. The molecule has 1 aromatic heterocycles. The van der Waals surface area contributed by atoms with Gasteiger partial charge in [-0.1, -0.05) is 19.1 Å². The Bertz CT molecular complexity index is 311. The zero-order valence-corrected chi connectivity index (χ0v) is 11.1. The summed E-state index contributed by atoms with van der Waals surface area (Å²) in [6, 6.07) is 0.500. The van der Waals surface area contributed by atoms with E-state index < -0.39 is 0 Å². The van der Waals surface area contributed by atoms with E-state index in [4.69, 9.17) is 5.11 Å². The van der Waals surface area contributed by atoms with Crippen LogP contribution in [0.5, 0.6) is 0 Å². The Morgan fingerprint density at radius 3 is 2.76 bits per heavy atom. The molecular weight excluding hydrogens is 216 g/mol. The minimum absolute atomic E-state index is 0.0982. The van der Waals surface area contributed by atoms with Gasteiger partial charge in [0.25, 0.3) is 0 Å². The van der Waals surface area contributed by atoms with E-state index in [-0.39, 0.29) is 6.61 Å². The summed E-state index contributed by atoms with van der Waals surface area (Å²) in [5.74, 6) is 0.754. The third-order valence-corrected chi connectivity index (χ3v) is 2.72. The summed E-state index contributed by atoms with van der Waals surface area (Å²) < 4.78 is 1.66. The molecule has 5 nitrogen and oxygen atoms in total. The van der Waals surface area contributed by atoms with Gasteiger partial charge in [0.15, 0.2) is 0 Å². The minimum Gasteiger partial charge on any atom is -0.394 e. The zero-order chi connectivity index (χ0) is 12.7. The molecule has 1 heterocycles. The van der Waals surface area contributed by atoms with E-state index in [0.29, 0.717) is 12.6 Å². The van der Waals surface area contributed by atoms with E-state index in [1.807, 2.05) is 6.20 Å². The Hall–Kier alpha value is -0.940. The molecule has 0 saturated heterocycles. The van der Waals surface area contributed by atoms with Gasteiger partial charge in [0.1, 0.15) is 0 Å². The molecule has 98 valence electrons. The van der Waals surface area contributed by atoms with Crippen molar-refractivity contribution in [3.63, 3.8) is 0 Å². The van der Waals surface area contributed by atoms with E-state index in [9.17, 15) is 0 Å². The van der Waals surface area contributed by atoms with Crippen LogP contribution < -0.4 is 5.32 Å². The monoisotopic (exact) mass is 240 g/mol. The van der Waals surface area contributed by atoms with Crippen molar-refractivity contribution in [1.82, 2.24) is 20.3 Å². The van der Waals surface area contributed by atoms with Crippen molar-refractivity contribution < 1.29 is 5.11 Å². The van der Waals surface area contributed by atoms with Crippen molar-refractivity contribution in [1.29, 1.82) is 0 Å². The van der Waals surface area contributed by atoms with Crippen LogP contribution in [0.15, 0.2) is 6.20 Å². The topological polar surface area (TPSA) is 63.0 Å². The standard InChI is InChI=1S/C12H24N4O/c1-10(2)4-5-11(3)13-8-12-9-16(6-7-17)15-14-12/h9-11,13,17H,4-8H2,1-3H3. The molecule has 0 spiro atoms. The molecule has 1 aromatic rings. The maximum absolute atomic E-state index is 8.76. The Morgan fingerprint density at radius 1 is 1.35 bits per heavy atom. The maximum atomic E-state index is 8.76. The average Bonchev–Trinajstić information content (AvgIpc) is 2.72. The lowest BCUT2D eigenvalue weighted by Crippen LogP contribution is -2.25. The van der Waals surface area contributed by atoms with E-state index in [1.54, 1.807) is 4.68 Å². The number of aliphatic hydroxyl groups is 1. The summed E-state index contributed by atoms with van der Waals surface area (Å²) in [6.45, 7) is 8.03. The SMILES string of the molecule is CC(C)CCC(C)NCc1cn(CCO)nn1. The number of rotatable bonds is 8. The van der Waals surface area contributed by atoms with E-state index >= 15 is 0 Å². The van der Waals surface area contributed by atoms with Crippen LogP contribution in [0, 0.1) is 5.92 Å². The average molecular weight is 240 g/mol. The Labute approximate surface area is 103 Å². The Kier molecular flexibility index (Phi) is 6.15. The smallest absolute Gasteiger partial charge is 0.0964 e. The fourth-order valence-corrected chi connectivity index (χ4v) is 1.60. The van der Waals surface area contributed by atoms with Gasteiger partial charge < -0.3 is 10.4 Å². The number of nitrogens with zero attached hydrogens (tertiary/aromatic N) is 3. The van der Waals surface area contributed by atoms with Crippen LogP contribution in [0.25, 0.3) is 0 Å². The Morgan fingerprint density at radius 2 is 2.12 bits per heavy atom. The van der Waals surface area contributed by atoms with Crippen LogP contribution in [0.3, 0.4) is 0 Å². The molecule has 0 aliphatic rings. The second-order valence-corrected chi connectivity index (χ2v) is 4.95. The van der Waals surface area contributed by atoms with E-state index in [1.165, 1.54) is 12.8 Å². The second-order valence-electron chi connectivity index (χ2n) is 4.95. The zero-order valence-electron chi connectivity index (χ0n) is 11.1. The van der Waals surface area contributed by atoms with Gasteiger partial charge in [-0.2, -0.15) is 0 Å². The highest BCUT2D eigenvalue weighted by molar-refractivity contribution is 4.91. The normalized spacial score (nSPS) is 13.2. The third-order valence-electron chi connectivity index (χ3n) is 2.72. The first-order valence-electron chi connectivity index (χ1n) is 6.35. The second kappa shape index (κ2) is 7.40. The number of aromatic nitrogens is 3. The number of aliphatic hydroxyl groups excluding tert-OH is 1. The van der Waals surface area contributed by atoms with Crippen LogP contribution in [-0.2, 0) is 13.1 Å². The van der Waals surface area contributed by atoms with Crippen molar-refractivity contribution >= 4 is 0 Å². The molecule has 1 rings (SSSR count). The molecular formula is C12H24N4O. The lowest BCUT2D eigenvalue weighted by Gasteiger charge is -2.13. The fourth-order valence-electron chi connectivity index (χ4n) is 1.60. The van der Waals surface area contributed by atoms with Gasteiger partial charge in [0.2, 0.25) is 0 Å². The van der Waals surface area contributed by atoms with Crippen LogP contribution in [0.4, 0.5) is 0 Å². The maximum Gasteiger partial charge on any atom is 0.0964 e. The number of nitrogens with one attached hydrogen (secondary N) is 1. The molecule has 0 saturated carbocycles. The van der Waals surface area contributed by atoms with Crippen molar-refractivity contribution in [2.24, 2.45) is 5.92 Å². The highest BCUT2D eigenvalue weighted by atomic mass is 16.3. The summed E-state index contributed by atoms with van der Waals surface area (Å²) in [5.41, 5.74) is 0.926. The summed E-state index contributed by atoms with van der Waals surface area (Å²) in [6.07, 6.45) is 4.30. The van der Waals surface area contributed by atoms with Gasteiger partial charge in [-0.3, -0.25) is 0 Å². The third kappa shape index (κ3) is 5.79. The highest BCUT2D eigenvalue weighted by Gasteiger charge is 2.05. The van der Waals surface area contributed by atoms with Gasteiger partial charge in [-0.25, -0.2) is 4.68 Å². The molecule has 0 amide bonds. The molecule has 1 atom stereocenters. The Balaban J connectivity index is 2.24. The molecule has 0 radical (unpaired) electrons. The fraction of sp³-hybridized carbons (Fsp3) is 0.833. The summed E-state index contributed by atoms with van der Waals surface area (Å²) >= 11 is 0. The van der Waals surface area contributed by atoms with Crippen LogP contribution in [0.1, 0.15) is 39.3 Å². The molecule has 17 heavy (non-hydrogen) atoms. The molecule has 0 bridgehead atoms. The molecule has 0 aromatic carbocycles. The van der Waals surface area contributed by atoms with Gasteiger partial charge >= 0.3 is 0 Å². The van der Waals surface area contributed by atoms with Crippen LogP contribution in [-0.4, -0.2) is 32.7 Å². The van der Waals surface area contributed by atoms with Crippen molar-refractivity contribution in [3.8, 4) is 0 Å². The lowest BCUT2D eigenvalue weighted by atomic mass is 10.0. The highest BCUT2D eigenvalue weighted by Crippen LogP contribution is 2.06. The van der Waals surface area contributed by atoms with Gasteiger partial charge in [-0.15, -0.1) is 5.10 Å². The van der Waals surface area contributed by atoms with E-state index in [2.05, 4.69) is 36.4 Å².